The predicted molar refractivity (Wildman–Crippen MR) is 95.3 cm³/mol. The van der Waals surface area contributed by atoms with Crippen LogP contribution in [-0.4, -0.2) is 18.1 Å². The van der Waals surface area contributed by atoms with E-state index in [0.29, 0.717) is 16.8 Å². The van der Waals surface area contributed by atoms with Crippen LogP contribution in [0.4, 0.5) is 5.00 Å². The number of hydrogen-bond donors (Lipinski definition) is 1. The van der Waals surface area contributed by atoms with Crippen LogP contribution < -0.4 is 10.5 Å². The number of benzene rings is 1. The fourth-order valence-corrected chi connectivity index (χ4v) is 3.74. The molecule has 124 valence electrons. The Morgan fingerprint density at radius 2 is 1.83 bits per heavy atom. The van der Waals surface area contributed by atoms with Crippen LogP contribution in [0.3, 0.4) is 0 Å². The van der Waals surface area contributed by atoms with E-state index in [4.69, 9.17) is 9.52 Å². The summed E-state index contributed by atoms with van der Waals surface area (Å²) in [7, 11) is 1.96. The summed E-state index contributed by atoms with van der Waals surface area (Å²) >= 11 is 1.40. The molecule has 3 aromatic rings. The zero-order valence-corrected chi connectivity index (χ0v) is 14.4. The number of hydrogen-bond acceptors (Lipinski definition) is 5. The van der Waals surface area contributed by atoms with Crippen molar-refractivity contribution >= 4 is 32.6 Å². The van der Waals surface area contributed by atoms with Crippen molar-refractivity contribution in [2.75, 3.05) is 11.9 Å². The Bertz CT molecular complexity index is 966. The molecule has 0 atom stereocenters. The third-order valence-corrected chi connectivity index (χ3v) is 4.90. The minimum absolute atomic E-state index is 0.340. The van der Waals surface area contributed by atoms with Crippen LogP contribution >= 0.6 is 11.3 Å². The molecule has 5 nitrogen and oxygen atoms in total. The summed E-state index contributed by atoms with van der Waals surface area (Å²) in [6.07, 6.45) is 0. The Morgan fingerprint density at radius 3 is 2.46 bits per heavy atom. The molecule has 3 rings (SSSR count). The number of carboxylic acid groups (broad SMARTS) is 1. The number of rotatable bonds is 4. The van der Waals surface area contributed by atoms with E-state index >= 15 is 0 Å². The zero-order chi connectivity index (χ0) is 17.4. The van der Waals surface area contributed by atoms with Crippen molar-refractivity contribution in [3.05, 3.63) is 63.0 Å². The van der Waals surface area contributed by atoms with Gasteiger partial charge in [0, 0.05) is 19.7 Å². The summed E-state index contributed by atoms with van der Waals surface area (Å²) in [4.78, 5) is 24.8. The van der Waals surface area contributed by atoms with Gasteiger partial charge in [0.05, 0.1) is 9.70 Å². The van der Waals surface area contributed by atoms with Gasteiger partial charge < -0.3 is 14.4 Å². The molecule has 0 amide bonds. The molecule has 1 aromatic carbocycles. The number of fused-ring (bicyclic) bond motifs is 1. The highest BCUT2D eigenvalue weighted by atomic mass is 32.1. The van der Waals surface area contributed by atoms with E-state index in [1.54, 1.807) is 6.07 Å². The molecule has 24 heavy (non-hydrogen) atoms. The largest absolute Gasteiger partial charge is 0.477 e. The van der Waals surface area contributed by atoms with Gasteiger partial charge in [-0.15, -0.1) is 11.3 Å². The minimum atomic E-state index is -1.27. The van der Waals surface area contributed by atoms with Crippen LogP contribution in [0, 0.1) is 13.8 Å². The molecule has 2 heterocycles. The first-order valence-electron chi connectivity index (χ1n) is 7.43. The molecular weight excluding hydrogens is 326 g/mol. The van der Waals surface area contributed by atoms with Crippen molar-refractivity contribution in [3.63, 3.8) is 0 Å². The summed E-state index contributed by atoms with van der Waals surface area (Å²) in [5.74, 6) is -1.27. The number of aromatic carboxylic acids is 1. The average Bonchev–Trinajstić information content (AvgIpc) is 2.87. The van der Waals surface area contributed by atoms with Crippen molar-refractivity contribution in [1.82, 2.24) is 0 Å². The highest BCUT2D eigenvalue weighted by molar-refractivity contribution is 7.22. The maximum Gasteiger partial charge on any atom is 0.351 e. The lowest BCUT2D eigenvalue weighted by Crippen LogP contribution is -2.15. The van der Waals surface area contributed by atoms with E-state index in [-0.39, 0.29) is 5.56 Å². The van der Waals surface area contributed by atoms with Gasteiger partial charge in [-0.3, -0.25) is 0 Å². The molecule has 0 aliphatic heterocycles. The van der Waals surface area contributed by atoms with Gasteiger partial charge in [-0.2, -0.15) is 0 Å². The van der Waals surface area contributed by atoms with E-state index in [2.05, 4.69) is 36.9 Å². The number of thiophene rings is 1. The second-order valence-corrected chi connectivity index (χ2v) is 6.98. The molecule has 0 saturated carbocycles. The molecule has 0 aliphatic carbocycles. The number of anilines is 1. The number of carbonyl (C=O) groups is 1. The van der Waals surface area contributed by atoms with Gasteiger partial charge in [-0.1, -0.05) is 29.3 Å². The molecule has 0 radical (unpaired) electrons. The van der Waals surface area contributed by atoms with Crippen LogP contribution in [0.5, 0.6) is 0 Å². The summed E-state index contributed by atoms with van der Waals surface area (Å²) in [5.41, 5.74) is 2.88. The third kappa shape index (κ3) is 3.19. The number of aryl methyl sites for hydroxylation is 2. The van der Waals surface area contributed by atoms with Crippen LogP contribution in [0.15, 0.2) is 39.5 Å². The molecular formula is C18H17NO4S. The van der Waals surface area contributed by atoms with Gasteiger partial charge in [0.15, 0.2) is 5.58 Å². The highest BCUT2D eigenvalue weighted by Crippen LogP contribution is 2.32. The Hall–Kier alpha value is -2.60. The monoisotopic (exact) mass is 343 g/mol. The van der Waals surface area contributed by atoms with Crippen LogP contribution in [0.1, 0.15) is 27.0 Å². The summed E-state index contributed by atoms with van der Waals surface area (Å²) < 4.78 is 5.77. The van der Waals surface area contributed by atoms with Gasteiger partial charge in [-0.25, -0.2) is 9.59 Å². The molecule has 0 saturated heterocycles. The van der Waals surface area contributed by atoms with Crippen LogP contribution in [-0.2, 0) is 6.54 Å². The highest BCUT2D eigenvalue weighted by Gasteiger charge is 2.15. The number of nitrogens with zero attached hydrogens (tertiary/aromatic N) is 1. The van der Waals surface area contributed by atoms with Crippen molar-refractivity contribution in [2.24, 2.45) is 0 Å². The van der Waals surface area contributed by atoms with Gasteiger partial charge in [-0.05, 0) is 25.5 Å². The van der Waals surface area contributed by atoms with E-state index in [9.17, 15) is 9.59 Å². The first-order valence-corrected chi connectivity index (χ1v) is 8.24. The first-order chi connectivity index (χ1) is 11.3. The predicted octanol–water partition coefficient (Wildman–Crippen LogP) is 3.81. The molecule has 1 N–H and O–H groups in total. The summed E-state index contributed by atoms with van der Waals surface area (Å²) in [5, 5.41) is 9.93. The molecule has 0 spiro atoms. The van der Waals surface area contributed by atoms with Crippen LogP contribution in [0.25, 0.3) is 10.3 Å². The van der Waals surface area contributed by atoms with Gasteiger partial charge >= 0.3 is 11.6 Å². The Morgan fingerprint density at radius 1 is 1.17 bits per heavy atom. The van der Waals surface area contributed by atoms with Crippen molar-refractivity contribution < 1.29 is 14.3 Å². The Labute approximate surface area is 142 Å². The SMILES string of the molecule is Cc1cc(C)cc(CN(C)c2cc3oc(=O)c(C(=O)O)cc3s2)c1. The fraction of sp³-hybridized carbons (Fsp3) is 0.222. The molecule has 0 unspecified atom stereocenters. The number of carboxylic acids is 1. The quantitative estimate of drug-likeness (QED) is 0.780. The third-order valence-electron chi connectivity index (χ3n) is 3.72. The Balaban J connectivity index is 1.93. The Kier molecular flexibility index (Phi) is 4.15. The molecule has 0 aliphatic rings. The van der Waals surface area contributed by atoms with Crippen molar-refractivity contribution in [3.8, 4) is 0 Å². The van der Waals surface area contributed by atoms with Gasteiger partial charge in [0.25, 0.3) is 0 Å². The van der Waals surface area contributed by atoms with E-state index in [0.717, 1.165) is 5.00 Å². The smallest absolute Gasteiger partial charge is 0.351 e. The van der Waals surface area contributed by atoms with E-state index < -0.39 is 11.6 Å². The summed E-state index contributed by atoms with van der Waals surface area (Å²) in [6.45, 7) is 4.85. The summed E-state index contributed by atoms with van der Waals surface area (Å²) in [6, 6.07) is 9.56. The normalized spacial score (nSPS) is 11.0. The van der Waals surface area contributed by atoms with Crippen molar-refractivity contribution in [1.29, 1.82) is 0 Å². The topological polar surface area (TPSA) is 70.8 Å². The van der Waals surface area contributed by atoms with E-state index in [1.165, 1.54) is 34.1 Å². The van der Waals surface area contributed by atoms with Gasteiger partial charge in [0.2, 0.25) is 0 Å². The second-order valence-electron chi connectivity index (χ2n) is 5.92. The fourth-order valence-electron chi connectivity index (χ4n) is 2.75. The molecule has 0 bridgehead atoms. The lowest BCUT2D eigenvalue weighted by Gasteiger charge is -2.17. The lowest BCUT2D eigenvalue weighted by molar-refractivity contribution is 0.0692. The second kappa shape index (κ2) is 6.13. The van der Waals surface area contributed by atoms with Gasteiger partial charge in [0.1, 0.15) is 5.56 Å². The zero-order valence-electron chi connectivity index (χ0n) is 13.6. The lowest BCUT2D eigenvalue weighted by atomic mass is 10.1. The molecule has 6 heteroatoms. The maximum absolute atomic E-state index is 11.7. The maximum atomic E-state index is 11.7. The minimum Gasteiger partial charge on any atom is -0.477 e. The average molecular weight is 343 g/mol. The van der Waals surface area contributed by atoms with E-state index in [1.807, 2.05) is 7.05 Å². The standard InChI is InChI=1S/C18H17NO4S/c1-10-4-11(2)6-12(5-10)9-19(3)16-8-14-15(24-16)7-13(17(20)21)18(22)23-14/h4-8H,9H2,1-3H3,(H,20,21). The van der Waals surface area contributed by atoms with Crippen LogP contribution in [0.2, 0.25) is 0 Å². The first kappa shape index (κ1) is 16.3. The van der Waals surface area contributed by atoms with Crippen molar-refractivity contribution in [2.45, 2.75) is 20.4 Å². The molecule has 2 aromatic heterocycles. The molecule has 0 fully saturated rings.